The third-order valence-electron chi connectivity index (χ3n) is 6.34. The van der Waals surface area contributed by atoms with E-state index in [2.05, 4.69) is 28.4 Å². The molecule has 5 nitrogen and oxygen atoms in total. The summed E-state index contributed by atoms with van der Waals surface area (Å²) < 4.78 is 8.04. The van der Waals surface area contributed by atoms with Gasteiger partial charge >= 0.3 is 0 Å². The standard InChI is InChI=1S/C23H27N3O2S2/c1-14-10-18(15(2)26(14)11-16-6-5-9-28-16)19(27)12-29-22-21-17-7-3-4-8-20(17)30-23(21)25-13-24-22/h10,13,16H,3-9,11-12H2,1-2H3/t16-/m0/s1. The molecule has 1 aliphatic carbocycles. The number of carbonyl (C=O) groups excluding carboxylic acids is 1. The van der Waals surface area contributed by atoms with Crippen LogP contribution in [0.3, 0.4) is 0 Å². The highest BCUT2D eigenvalue weighted by atomic mass is 32.2. The molecule has 1 aliphatic heterocycles. The zero-order valence-corrected chi connectivity index (χ0v) is 19.2. The van der Waals surface area contributed by atoms with Gasteiger partial charge in [0.25, 0.3) is 0 Å². The molecule has 30 heavy (non-hydrogen) atoms. The number of thioether (sulfide) groups is 1. The maximum Gasteiger partial charge on any atom is 0.174 e. The Morgan fingerprint density at radius 3 is 2.97 bits per heavy atom. The van der Waals surface area contributed by atoms with Crippen LogP contribution in [-0.4, -0.2) is 38.8 Å². The predicted molar refractivity (Wildman–Crippen MR) is 122 cm³/mol. The van der Waals surface area contributed by atoms with Crippen molar-refractivity contribution in [1.29, 1.82) is 0 Å². The van der Waals surface area contributed by atoms with Gasteiger partial charge in [-0.1, -0.05) is 11.8 Å². The largest absolute Gasteiger partial charge is 0.376 e. The lowest BCUT2D eigenvalue weighted by Gasteiger charge is -2.14. The van der Waals surface area contributed by atoms with Crippen LogP contribution in [0.5, 0.6) is 0 Å². The Balaban J connectivity index is 1.35. The summed E-state index contributed by atoms with van der Waals surface area (Å²) in [5.74, 6) is 0.573. The molecule has 0 bridgehead atoms. The highest BCUT2D eigenvalue weighted by molar-refractivity contribution is 8.00. The first-order valence-electron chi connectivity index (χ1n) is 10.8. The lowest BCUT2D eigenvalue weighted by molar-refractivity contribution is 0.0957. The summed E-state index contributed by atoms with van der Waals surface area (Å²) in [5, 5.41) is 2.15. The lowest BCUT2D eigenvalue weighted by atomic mass is 9.97. The minimum Gasteiger partial charge on any atom is -0.376 e. The first-order valence-corrected chi connectivity index (χ1v) is 12.6. The minimum atomic E-state index is 0.169. The Kier molecular flexibility index (Phi) is 5.69. The molecule has 3 aromatic rings. The average Bonchev–Trinajstić information content (AvgIpc) is 3.46. The van der Waals surface area contributed by atoms with Crippen molar-refractivity contribution in [3.05, 3.63) is 39.8 Å². The summed E-state index contributed by atoms with van der Waals surface area (Å²) in [5.41, 5.74) is 4.43. The topological polar surface area (TPSA) is 57.0 Å². The van der Waals surface area contributed by atoms with Gasteiger partial charge in [0.2, 0.25) is 0 Å². The lowest BCUT2D eigenvalue weighted by Crippen LogP contribution is -2.17. The molecule has 158 valence electrons. The van der Waals surface area contributed by atoms with E-state index in [0.29, 0.717) is 5.75 Å². The molecule has 4 heterocycles. The molecule has 1 fully saturated rings. The smallest absolute Gasteiger partial charge is 0.174 e. The molecule has 0 N–H and O–H groups in total. The Labute approximate surface area is 185 Å². The van der Waals surface area contributed by atoms with Gasteiger partial charge in [0, 0.05) is 40.4 Å². The van der Waals surface area contributed by atoms with Crippen molar-refractivity contribution in [3.63, 3.8) is 0 Å². The van der Waals surface area contributed by atoms with Crippen LogP contribution in [0.25, 0.3) is 10.2 Å². The van der Waals surface area contributed by atoms with Gasteiger partial charge in [-0.15, -0.1) is 11.3 Å². The van der Waals surface area contributed by atoms with Crippen LogP contribution in [0.15, 0.2) is 17.4 Å². The molecule has 2 aliphatic rings. The van der Waals surface area contributed by atoms with Crippen LogP contribution >= 0.6 is 23.1 Å². The van der Waals surface area contributed by atoms with Crippen LogP contribution in [0.4, 0.5) is 0 Å². The molecule has 0 saturated carbocycles. The average molecular weight is 442 g/mol. The first-order chi connectivity index (χ1) is 14.6. The minimum absolute atomic E-state index is 0.169. The number of ketones is 1. The fraction of sp³-hybridized carbons (Fsp3) is 0.522. The van der Waals surface area contributed by atoms with E-state index in [0.717, 1.165) is 65.6 Å². The monoisotopic (exact) mass is 441 g/mol. The molecule has 5 rings (SSSR count). The van der Waals surface area contributed by atoms with Gasteiger partial charge in [-0.2, -0.15) is 0 Å². The number of Topliss-reactive ketones (excluding diaryl/α,β-unsaturated/α-hetero) is 1. The first kappa shape index (κ1) is 20.2. The second kappa shape index (κ2) is 8.44. The molecule has 3 aromatic heterocycles. The van der Waals surface area contributed by atoms with E-state index in [1.165, 1.54) is 28.7 Å². The SMILES string of the molecule is Cc1cc(C(=O)CSc2ncnc3sc4c(c23)CCCC4)c(C)n1C[C@@H]1CCCO1. The van der Waals surface area contributed by atoms with Crippen molar-refractivity contribution >= 4 is 39.1 Å². The molecule has 7 heteroatoms. The fourth-order valence-electron chi connectivity index (χ4n) is 4.74. The molecular formula is C23H27N3O2S2. The molecule has 0 spiro atoms. The zero-order valence-electron chi connectivity index (χ0n) is 17.6. The normalized spacial score (nSPS) is 18.8. The van der Waals surface area contributed by atoms with Crippen LogP contribution in [0.1, 0.15) is 57.9 Å². The quantitative estimate of drug-likeness (QED) is 0.301. The van der Waals surface area contributed by atoms with Gasteiger partial charge in [0.05, 0.1) is 11.9 Å². The van der Waals surface area contributed by atoms with E-state index in [1.807, 2.05) is 6.07 Å². The zero-order chi connectivity index (χ0) is 20.7. The number of hydrogen-bond donors (Lipinski definition) is 0. The number of ether oxygens (including phenoxy) is 1. The van der Waals surface area contributed by atoms with Gasteiger partial charge < -0.3 is 9.30 Å². The van der Waals surface area contributed by atoms with Gasteiger partial charge in [-0.25, -0.2) is 9.97 Å². The second-order valence-corrected chi connectivity index (χ2v) is 10.4. The van der Waals surface area contributed by atoms with Crippen LogP contribution in [0, 0.1) is 13.8 Å². The highest BCUT2D eigenvalue weighted by Crippen LogP contribution is 2.39. The maximum atomic E-state index is 13.1. The number of rotatable bonds is 6. The van der Waals surface area contributed by atoms with Gasteiger partial charge in [-0.05, 0) is 64.0 Å². The van der Waals surface area contributed by atoms with Gasteiger partial charge in [-0.3, -0.25) is 4.79 Å². The predicted octanol–water partition coefficient (Wildman–Crippen LogP) is 5.14. The summed E-state index contributed by atoms with van der Waals surface area (Å²) in [6, 6.07) is 2.04. The Morgan fingerprint density at radius 1 is 1.27 bits per heavy atom. The Bertz CT molecular complexity index is 1100. The van der Waals surface area contributed by atoms with Crippen molar-refractivity contribution < 1.29 is 9.53 Å². The highest BCUT2D eigenvalue weighted by Gasteiger charge is 2.23. The number of carbonyl (C=O) groups is 1. The maximum absolute atomic E-state index is 13.1. The van der Waals surface area contributed by atoms with E-state index >= 15 is 0 Å². The van der Waals surface area contributed by atoms with Crippen molar-refractivity contribution in [2.75, 3.05) is 12.4 Å². The summed E-state index contributed by atoms with van der Waals surface area (Å²) in [7, 11) is 0. The molecule has 1 saturated heterocycles. The van der Waals surface area contributed by atoms with Crippen molar-refractivity contribution in [2.24, 2.45) is 0 Å². The fourth-order valence-corrected chi connectivity index (χ4v) is 6.94. The molecule has 0 unspecified atom stereocenters. The van der Waals surface area contributed by atoms with Crippen molar-refractivity contribution in [1.82, 2.24) is 14.5 Å². The molecule has 0 aromatic carbocycles. The van der Waals surface area contributed by atoms with E-state index in [1.54, 1.807) is 29.4 Å². The van der Waals surface area contributed by atoms with Crippen LogP contribution in [0.2, 0.25) is 0 Å². The van der Waals surface area contributed by atoms with Crippen molar-refractivity contribution in [2.45, 2.75) is 70.0 Å². The third kappa shape index (κ3) is 3.72. The molecule has 1 atom stereocenters. The molecular weight excluding hydrogens is 414 g/mol. The number of aryl methyl sites for hydroxylation is 3. The van der Waals surface area contributed by atoms with Gasteiger partial charge in [0.1, 0.15) is 16.2 Å². The third-order valence-corrected chi connectivity index (χ3v) is 8.53. The summed E-state index contributed by atoms with van der Waals surface area (Å²) >= 11 is 3.36. The molecule has 0 amide bonds. The second-order valence-electron chi connectivity index (χ2n) is 8.31. The number of nitrogens with zero attached hydrogens (tertiary/aromatic N) is 3. The van der Waals surface area contributed by atoms with E-state index < -0.39 is 0 Å². The molecule has 0 radical (unpaired) electrons. The van der Waals surface area contributed by atoms with Gasteiger partial charge in [0.15, 0.2) is 5.78 Å². The van der Waals surface area contributed by atoms with E-state index in [-0.39, 0.29) is 11.9 Å². The number of aromatic nitrogens is 3. The number of hydrogen-bond acceptors (Lipinski definition) is 6. The van der Waals surface area contributed by atoms with E-state index in [9.17, 15) is 4.79 Å². The van der Waals surface area contributed by atoms with Crippen LogP contribution < -0.4 is 0 Å². The number of fused-ring (bicyclic) bond motifs is 3. The number of thiophene rings is 1. The summed E-state index contributed by atoms with van der Waals surface area (Å²) in [6.45, 7) is 5.83. The Hall–Kier alpha value is -1.70. The van der Waals surface area contributed by atoms with Crippen LogP contribution in [-0.2, 0) is 24.1 Å². The summed E-state index contributed by atoms with van der Waals surface area (Å²) in [4.78, 5) is 24.7. The summed E-state index contributed by atoms with van der Waals surface area (Å²) in [6.07, 6.45) is 8.89. The van der Waals surface area contributed by atoms with Crippen molar-refractivity contribution in [3.8, 4) is 0 Å². The van der Waals surface area contributed by atoms with E-state index in [4.69, 9.17) is 4.74 Å². The Morgan fingerprint density at radius 2 is 2.13 bits per heavy atom.